The average Bonchev–Trinajstić information content (AvgIpc) is 2.89. The second-order valence-electron chi connectivity index (χ2n) is 5.64. The summed E-state index contributed by atoms with van der Waals surface area (Å²) in [6.07, 6.45) is 3.72. The third-order valence-electron chi connectivity index (χ3n) is 3.99. The van der Waals surface area contributed by atoms with Gasteiger partial charge >= 0.3 is 26.2 Å². The van der Waals surface area contributed by atoms with Crippen molar-refractivity contribution in [3.8, 4) is 11.1 Å². The fourth-order valence-corrected chi connectivity index (χ4v) is 2.81. The fourth-order valence-electron chi connectivity index (χ4n) is 2.81. The van der Waals surface area contributed by atoms with Crippen molar-refractivity contribution in [2.24, 2.45) is 0 Å². The molecule has 0 spiro atoms. The number of aryl methyl sites for hydroxylation is 2. The molecule has 0 aliphatic heterocycles. The molecule has 3 heteroatoms. The summed E-state index contributed by atoms with van der Waals surface area (Å²) in [7, 11) is 0. The van der Waals surface area contributed by atoms with Gasteiger partial charge in [0.25, 0.3) is 0 Å². The molecule has 0 aliphatic rings. The molecule has 0 saturated carbocycles. The van der Waals surface area contributed by atoms with Crippen LogP contribution < -0.4 is 24.8 Å². The van der Waals surface area contributed by atoms with E-state index in [2.05, 4.69) is 68.4 Å². The van der Waals surface area contributed by atoms with Crippen molar-refractivity contribution in [2.45, 2.75) is 33.1 Å². The van der Waals surface area contributed by atoms with Gasteiger partial charge in [0.2, 0.25) is 0 Å². The maximum atomic E-state index is 2.38. The fraction of sp³-hybridized carbons (Fsp3) is 0.250. The van der Waals surface area contributed by atoms with E-state index in [0.29, 0.717) is 0 Å². The topological polar surface area (TPSA) is 0 Å². The van der Waals surface area contributed by atoms with Gasteiger partial charge in [-0.1, -0.05) is 61.2 Å². The Morgan fingerprint density at radius 2 is 1.65 bits per heavy atom. The van der Waals surface area contributed by atoms with Gasteiger partial charge < -0.3 is 24.8 Å². The molecule has 3 rings (SSSR count). The first-order chi connectivity index (χ1) is 9.78. The third-order valence-corrected chi connectivity index (χ3v) is 3.99. The van der Waals surface area contributed by atoms with Crippen LogP contribution in [0.3, 0.4) is 0 Å². The Labute approximate surface area is 171 Å². The predicted molar refractivity (Wildman–Crippen MR) is 88.3 cm³/mol. The molecule has 0 saturated heterocycles. The van der Waals surface area contributed by atoms with Crippen LogP contribution in [-0.2, 0) is 32.6 Å². The summed E-state index contributed by atoms with van der Waals surface area (Å²) in [6, 6.07) is 20.2. The van der Waals surface area contributed by atoms with Gasteiger partial charge in [0.15, 0.2) is 0 Å². The number of hydrogen-bond donors (Lipinski definition) is 0. The van der Waals surface area contributed by atoms with Crippen LogP contribution >= 0.6 is 0 Å². The first kappa shape index (κ1) is 22.5. The van der Waals surface area contributed by atoms with Gasteiger partial charge in [0, 0.05) is 0 Å². The largest absolute Gasteiger partial charge is 3.00 e. The minimum atomic E-state index is 0. The number of halogens is 2. The van der Waals surface area contributed by atoms with Crippen LogP contribution in [0, 0.1) is 6.92 Å². The van der Waals surface area contributed by atoms with E-state index in [-0.39, 0.29) is 51.0 Å². The number of unbranched alkanes of at least 4 members (excludes halogenated alkanes) is 1. The van der Waals surface area contributed by atoms with Gasteiger partial charge in [0.05, 0.1) is 0 Å². The van der Waals surface area contributed by atoms with E-state index in [4.69, 9.17) is 0 Å². The number of fused-ring (bicyclic) bond motifs is 1. The van der Waals surface area contributed by atoms with Crippen LogP contribution in [0.15, 0.2) is 54.6 Å². The van der Waals surface area contributed by atoms with Crippen LogP contribution in [0.4, 0.5) is 0 Å². The second-order valence-corrected chi connectivity index (χ2v) is 5.64. The molecule has 0 amide bonds. The summed E-state index contributed by atoms with van der Waals surface area (Å²) in [6.45, 7) is 4.39. The van der Waals surface area contributed by atoms with Crippen molar-refractivity contribution in [2.75, 3.05) is 0 Å². The van der Waals surface area contributed by atoms with Gasteiger partial charge in [0.1, 0.15) is 0 Å². The van der Waals surface area contributed by atoms with Gasteiger partial charge in [-0.3, -0.25) is 0 Å². The van der Waals surface area contributed by atoms with E-state index < -0.39 is 0 Å². The zero-order valence-corrected chi connectivity index (χ0v) is 17.5. The third kappa shape index (κ3) is 5.25. The zero-order valence-electron chi connectivity index (χ0n) is 13.6. The minimum Gasteiger partial charge on any atom is -1.00 e. The van der Waals surface area contributed by atoms with Gasteiger partial charge in [-0.15, -0.1) is 34.5 Å². The molecule has 3 aromatic rings. The Hall–Kier alpha value is -0.487. The summed E-state index contributed by atoms with van der Waals surface area (Å²) in [5.74, 6) is 0. The van der Waals surface area contributed by atoms with Crippen molar-refractivity contribution in [1.82, 2.24) is 0 Å². The molecule has 1 radical (unpaired) electrons. The molecule has 3 aromatic carbocycles. The first-order valence-corrected chi connectivity index (χ1v) is 7.53. The molecule has 0 bridgehead atoms. The molecule has 0 aliphatic carbocycles. The van der Waals surface area contributed by atoms with Crippen molar-refractivity contribution in [3.63, 3.8) is 0 Å². The maximum Gasteiger partial charge on any atom is 3.00 e. The van der Waals surface area contributed by atoms with E-state index in [1.807, 2.05) is 0 Å². The van der Waals surface area contributed by atoms with Crippen LogP contribution in [0.2, 0.25) is 0 Å². The molecule has 0 heterocycles. The molecule has 0 fully saturated rings. The Bertz CT molecular complexity index is 714. The van der Waals surface area contributed by atoms with Crippen LogP contribution in [0.25, 0.3) is 21.9 Å². The van der Waals surface area contributed by atoms with Crippen LogP contribution in [-0.4, -0.2) is 0 Å². The summed E-state index contributed by atoms with van der Waals surface area (Å²) in [5.41, 5.74) is 5.45. The standard InChI is InChI=1S/C20H21.2ClH.Zr/c1-3-4-6-16-13-18-7-5-8-19(20(18)14-16)17-11-9-15(2)10-12-17;;;/h5,7-14H,3-4,6H2,1-2H3;2*1H;/q-1;;;+3/p-2. The minimum absolute atomic E-state index is 0. The Balaban J connectivity index is 0.00000161. The zero-order chi connectivity index (χ0) is 13.9. The first-order valence-electron chi connectivity index (χ1n) is 7.53. The average molecular weight is 424 g/mol. The number of benzene rings is 2. The quantitative estimate of drug-likeness (QED) is 0.514. The molecule has 0 unspecified atom stereocenters. The molecule has 0 N–H and O–H groups in total. The molecule has 119 valence electrons. The van der Waals surface area contributed by atoms with Gasteiger partial charge in [-0.25, -0.2) is 0 Å². The maximum absolute atomic E-state index is 2.38. The summed E-state index contributed by atoms with van der Waals surface area (Å²) >= 11 is 0. The smallest absolute Gasteiger partial charge is 1.00 e. The summed E-state index contributed by atoms with van der Waals surface area (Å²) in [5, 5.41) is 2.76. The van der Waals surface area contributed by atoms with Crippen molar-refractivity contribution < 1.29 is 51.0 Å². The molecular formula is C20H21Cl2Zr. The Kier molecular flexibility index (Phi) is 10.2. The Morgan fingerprint density at radius 3 is 2.30 bits per heavy atom. The van der Waals surface area contributed by atoms with E-state index in [1.165, 1.54) is 52.3 Å². The summed E-state index contributed by atoms with van der Waals surface area (Å²) < 4.78 is 0. The second kappa shape index (κ2) is 10.4. The van der Waals surface area contributed by atoms with Crippen molar-refractivity contribution in [1.29, 1.82) is 0 Å². The molecule has 23 heavy (non-hydrogen) atoms. The number of rotatable bonds is 4. The summed E-state index contributed by atoms with van der Waals surface area (Å²) in [4.78, 5) is 0. The van der Waals surface area contributed by atoms with E-state index in [0.717, 1.165) is 0 Å². The normalized spacial score (nSPS) is 9.65. The predicted octanol–water partition coefficient (Wildman–Crippen LogP) is -0.118. The van der Waals surface area contributed by atoms with Crippen molar-refractivity contribution >= 4 is 10.8 Å². The monoisotopic (exact) mass is 421 g/mol. The van der Waals surface area contributed by atoms with Crippen LogP contribution in [0.1, 0.15) is 30.9 Å². The Morgan fingerprint density at radius 1 is 0.957 bits per heavy atom. The van der Waals surface area contributed by atoms with Crippen molar-refractivity contribution in [3.05, 3.63) is 65.7 Å². The van der Waals surface area contributed by atoms with E-state index >= 15 is 0 Å². The van der Waals surface area contributed by atoms with Gasteiger partial charge in [-0.2, -0.15) is 6.07 Å². The van der Waals surface area contributed by atoms with E-state index in [9.17, 15) is 0 Å². The molecule has 0 aromatic heterocycles. The van der Waals surface area contributed by atoms with E-state index in [1.54, 1.807) is 0 Å². The molecule has 0 atom stereocenters. The van der Waals surface area contributed by atoms with Gasteiger partial charge in [-0.05, 0) is 18.9 Å². The van der Waals surface area contributed by atoms with Crippen LogP contribution in [0.5, 0.6) is 0 Å². The number of hydrogen-bond acceptors (Lipinski definition) is 0. The molecular weight excluding hydrogens is 402 g/mol. The molecule has 0 nitrogen and oxygen atoms in total. The SMILES string of the molecule is CCCCc1cc2c(-c3ccc(C)cc3)cccc2[cH-]1.[Cl-].[Cl-].[Zr+3].